The zero-order valence-corrected chi connectivity index (χ0v) is 18.0. The highest BCUT2D eigenvalue weighted by Gasteiger charge is 2.27. The number of benzene rings is 3. The second-order valence-electron chi connectivity index (χ2n) is 6.15. The van der Waals surface area contributed by atoms with E-state index in [1.807, 2.05) is 0 Å². The zero-order chi connectivity index (χ0) is 21.6. The van der Waals surface area contributed by atoms with Gasteiger partial charge in [-0.05, 0) is 54.1 Å². The van der Waals surface area contributed by atoms with Crippen molar-refractivity contribution < 1.29 is 17.6 Å². The monoisotopic (exact) mass is 489 g/mol. The van der Waals surface area contributed by atoms with Gasteiger partial charge in [0.15, 0.2) is 0 Å². The van der Waals surface area contributed by atoms with Crippen LogP contribution >= 0.6 is 15.9 Å². The first-order valence-electron chi connectivity index (χ1n) is 8.77. The van der Waals surface area contributed by atoms with Crippen molar-refractivity contribution >= 4 is 43.8 Å². The molecule has 1 amide bonds. The Morgan fingerprint density at radius 2 is 1.63 bits per heavy atom. The van der Waals surface area contributed by atoms with Gasteiger partial charge >= 0.3 is 0 Å². The Bertz CT molecular complexity index is 1140. The van der Waals surface area contributed by atoms with Crippen molar-refractivity contribution in [1.29, 1.82) is 0 Å². The highest BCUT2D eigenvalue weighted by atomic mass is 79.9. The number of carbonyl (C=O) groups is 1. The molecule has 0 aromatic heterocycles. The summed E-state index contributed by atoms with van der Waals surface area (Å²) in [5.74, 6) is -1.01. The number of anilines is 1. The molecule has 0 atom stereocenters. The summed E-state index contributed by atoms with van der Waals surface area (Å²) in [5, 5.41) is 3.81. The van der Waals surface area contributed by atoms with E-state index in [2.05, 4.69) is 26.5 Å². The number of hydrogen-bond donors (Lipinski definition) is 1. The van der Waals surface area contributed by atoms with E-state index in [-0.39, 0.29) is 10.7 Å². The third-order valence-corrected chi connectivity index (χ3v) is 6.32. The molecule has 0 aliphatic rings. The smallest absolute Gasteiger partial charge is 0.264 e. The zero-order valence-electron chi connectivity index (χ0n) is 15.6. The first-order chi connectivity index (χ1) is 14.4. The topological polar surface area (TPSA) is 78.8 Å². The molecular weight excluding hydrogens is 473 g/mol. The van der Waals surface area contributed by atoms with E-state index < -0.39 is 22.5 Å². The van der Waals surface area contributed by atoms with E-state index in [9.17, 15) is 17.6 Å². The van der Waals surface area contributed by atoms with Crippen LogP contribution < -0.4 is 9.73 Å². The molecule has 154 valence electrons. The third kappa shape index (κ3) is 5.52. The molecule has 0 aliphatic carbocycles. The Morgan fingerprint density at radius 3 is 2.27 bits per heavy atom. The largest absolute Gasteiger partial charge is 0.271 e. The van der Waals surface area contributed by atoms with Crippen LogP contribution in [0.15, 0.2) is 93.3 Å². The van der Waals surface area contributed by atoms with Crippen LogP contribution in [-0.2, 0) is 14.8 Å². The molecule has 0 heterocycles. The van der Waals surface area contributed by atoms with Gasteiger partial charge in [0.2, 0.25) is 0 Å². The maximum Gasteiger partial charge on any atom is 0.264 e. The van der Waals surface area contributed by atoms with Gasteiger partial charge in [0, 0.05) is 4.47 Å². The number of amides is 1. The lowest BCUT2D eigenvalue weighted by atomic mass is 10.2. The molecule has 1 N–H and O–H groups in total. The Kier molecular flexibility index (Phi) is 6.96. The second kappa shape index (κ2) is 9.64. The average molecular weight is 490 g/mol. The number of hydrazone groups is 1. The fourth-order valence-electron chi connectivity index (χ4n) is 2.54. The van der Waals surface area contributed by atoms with Crippen molar-refractivity contribution in [2.45, 2.75) is 4.90 Å². The van der Waals surface area contributed by atoms with Gasteiger partial charge in [0.1, 0.15) is 12.4 Å². The van der Waals surface area contributed by atoms with E-state index in [0.717, 1.165) is 8.78 Å². The van der Waals surface area contributed by atoms with Gasteiger partial charge < -0.3 is 0 Å². The summed E-state index contributed by atoms with van der Waals surface area (Å²) >= 11 is 3.31. The van der Waals surface area contributed by atoms with Gasteiger partial charge in [-0.1, -0.05) is 46.3 Å². The quantitative estimate of drug-likeness (QED) is 0.403. The van der Waals surface area contributed by atoms with E-state index >= 15 is 0 Å². The van der Waals surface area contributed by atoms with Crippen LogP contribution in [0.3, 0.4) is 0 Å². The van der Waals surface area contributed by atoms with E-state index in [1.165, 1.54) is 42.6 Å². The molecule has 0 spiro atoms. The van der Waals surface area contributed by atoms with Crippen LogP contribution in [0.1, 0.15) is 5.56 Å². The molecule has 3 aromatic carbocycles. The van der Waals surface area contributed by atoms with Crippen LogP contribution in [0, 0.1) is 5.82 Å². The lowest BCUT2D eigenvalue weighted by Crippen LogP contribution is -2.39. The SMILES string of the molecule is O=C(CN(c1ccc(Br)cc1)S(=O)(=O)c1ccccc1)NN=Cc1ccc(F)cc1. The maximum absolute atomic E-state index is 13.1. The molecule has 3 rings (SSSR count). The summed E-state index contributed by atoms with van der Waals surface area (Å²) < 4.78 is 41.0. The van der Waals surface area contributed by atoms with Crippen LogP contribution in [0.5, 0.6) is 0 Å². The Hall–Kier alpha value is -3.04. The Labute approximate surface area is 182 Å². The van der Waals surface area contributed by atoms with Crippen LogP contribution in [-0.4, -0.2) is 27.1 Å². The highest BCUT2D eigenvalue weighted by molar-refractivity contribution is 9.10. The van der Waals surface area contributed by atoms with Crippen molar-refractivity contribution in [3.8, 4) is 0 Å². The molecule has 9 heteroatoms. The number of carbonyl (C=O) groups excluding carboxylic acids is 1. The first-order valence-corrected chi connectivity index (χ1v) is 11.0. The van der Waals surface area contributed by atoms with Crippen molar-refractivity contribution in [3.63, 3.8) is 0 Å². The van der Waals surface area contributed by atoms with Gasteiger partial charge in [0.25, 0.3) is 15.9 Å². The normalized spacial score (nSPS) is 11.4. The van der Waals surface area contributed by atoms with E-state index in [4.69, 9.17) is 0 Å². The summed E-state index contributed by atoms with van der Waals surface area (Å²) in [6, 6.07) is 20.0. The molecule has 0 saturated heterocycles. The molecule has 6 nitrogen and oxygen atoms in total. The minimum atomic E-state index is -3.98. The minimum Gasteiger partial charge on any atom is -0.271 e. The number of nitrogens with zero attached hydrogens (tertiary/aromatic N) is 2. The summed E-state index contributed by atoms with van der Waals surface area (Å²) in [6.45, 7) is -0.473. The van der Waals surface area contributed by atoms with Crippen molar-refractivity contribution in [1.82, 2.24) is 5.43 Å². The van der Waals surface area contributed by atoms with Crippen molar-refractivity contribution in [2.24, 2.45) is 5.10 Å². The van der Waals surface area contributed by atoms with Gasteiger partial charge in [-0.25, -0.2) is 18.2 Å². The number of halogens is 2. The molecule has 3 aromatic rings. The van der Waals surface area contributed by atoms with Crippen molar-refractivity contribution in [3.05, 3.63) is 94.7 Å². The number of sulfonamides is 1. The third-order valence-electron chi connectivity index (χ3n) is 4.01. The maximum atomic E-state index is 13.1. The lowest BCUT2D eigenvalue weighted by molar-refractivity contribution is -0.119. The first kappa shape index (κ1) is 21.7. The van der Waals surface area contributed by atoms with Gasteiger partial charge in [-0.15, -0.1) is 0 Å². The fraction of sp³-hybridized carbons (Fsp3) is 0.0476. The predicted molar refractivity (Wildman–Crippen MR) is 117 cm³/mol. The summed E-state index contributed by atoms with van der Waals surface area (Å²) in [6.07, 6.45) is 1.34. The number of rotatable bonds is 7. The highest BCUT2D eigenvalue weighted by Crippen LogP contribution is 2.25. The molecule has 0 bridgehead atoms. The van der Waals surface area contributed by atoms with Crippen molar-refractivity contribution in [2.75, 3.05) is 10.8 Å². The molecule has 0 fully saturated rings. The van der Waals surface area contributed by atoms with Gasteiger partial charge in [-0.2, -0.15) is 5.10 Å². The predicted octanol–water partition coefficient (Wildman–Crippen LogP) is 3.93. The van der Waals surface area contributed by atoms with Gasteiger partial charge in [-0.3, -0.25) is 9.10 Å². The summed E-state index contributed by atoms with van der Waals surface area (Å²) in [4.78, 5) is 12.5. The van der Waals surface area contributed by atoms with Crippen LogP contribution in [0.25, 0.3) is 0 Å². The minimum absolute atomic E-state index is 0.0653. The molecule has 0 aliphatic heterocycles. The molecule has 30 heavy (non-hydrogen) atoms. The summed E-state index contributed by atoms with van der Waals surface area (Å²) in [5.41, 5.74) is 3.22. The van der Waals surface area contributed by atoms with E-state index in [0.29, 0.717) is 11.3 Å². The number of nitrogens with one attached hydrogen (secondary N) is 1. The Morgan fingerprint density at radius 1 is 1.00 bits per heavy atom. The summed E-state index contributed by atoms with van der Waals surface area (Å²) in [7, 11) is -3.98. The average Bonchev–Trinajstić information content (AvgIpc) is 2.75. The fourth-order valence-corrected chi connectivity index (χ4v) is 4.24. The molecule has 0 unspecified atom stereocenters. The number of hydrogen-bond acceptors (Lipinski definition) is 4. The van der Waals surface area contributed by atoms with Gasteiger partial charge in [0.05, 0.1) is 16.8 Å². The molecule has 0 radical (unpaired) electrons. The molecular formula is C21H17BrFN3O3S. The molecule has 0 saturated carbocycles. The van der Waals surface area contributed by atoms with E-state index in [1.54, 1.807) is 42.5 Å². The van der Waals surface area contributed by atoms with Crippen LogP contribution in [0.4, 0.5) is 10.1 Å². The Balaban J connectivity index is 1.81. The van der Waals surface area contributed by atoms with Crippen LogP contribution in [0.2, 0.25) is 0 Å². The second-order valence-corrected chi connectivity index (χ2v) is 8.92. The standard InChI is InChI=1S/C21H17BrFN3O3S/c22-17-8-12-19(13-9-17)26(30(28,29)20-4-2-1-3-5-20)15-21(27)25-24-14-16-6-10-18(23)11-7-16/h1-14H,15H2,(H,25,27). The lowest BCUT2D eigenvalue weighted by Gasteiger charge is -2.23.